The van der Waals surface area contributed by atoms with Gasteiger partial charge in [-0.15, -0.1) is 0 Å². The molecule has 2 aromatic carbocycles. The van der Waals surface area contributed by atoms with E-state index in [1.807, 2.05) is 42.5 Å². The van der Waals surface area contributed by atoms with Crippen molar-refractivity contribution in [2.75, 3.05) is 7.11 Å². The van der Waals surface area contributed by atoms with Gasteiger partial charge in [-0.2, -0.15) is 0 Å². The van der Waals surface area contributed by atoms with Crippen molar-refractivity contribution in [2.24, 2.45) is 0 Å². The summed E-state index contributed by atoms with van der Waals surface area (Å²) in [5.74, 6) is 1.62. The molecular formula is C16H13ClN2O. The average Bonchev–Trinajstić information content (AvgIpc) is 3.01. The molecule has 0 saturated heterocycles. The number of aromatic amines is 1. The van der Waals surface area contributed by atoms with Gasteiger partial charge in [-0.1, -0.05) is 29.8 Å². The largest absolute Gasteiger partial charge is 0.497 e. The molecule has 0 fully saturated rings. The molecule has 100 valence electrons. The fraction of sp³-hybridized carbons (Fsp3) is 0.0625. The summed E-state index contributed by atoms with van der Waals surface area (Å²) in [5, 5.41) is 0.683. The maximum atomic E-state index is 6.11. The number of hydrogen-bond acceptors (Lipinski definition) is 2. The minimum Gasteiger partial charge on any atom is -0.497 e. The molecule has 0 amide bonds. The highest BCUT2D eigenvalue weighted by atomic mass is 35.5. The first kappa shape index (κ1) is 12.8. The second-order valence-electron chi connectivity index (χ2n) is 4.36. The van der Waals surface area contributed by atoms with E-state index in [1.54, 1.807) is 19.5 Å². The predicted octanol–water partition coefficient (Wildman–Crippen LogP) is 4.41. The molecule has 0 unspecified atom stereocenters. The Labute approximate surface area is 122 Å². The predicted molar refractivity (Wildman–Crippen MR) is 81.0 cm³/mol. The zero-order valence-electron chi connectivity index (χ0n) is 10.9. The number of H-pyrrole nitrogens is 1. The summed E-state index contributed by atoms with van der Waals surface area (Å²) in [6.45, 7) is 0. The van der Waals surface area contributed by atoms with E-state index < -0.39 is 0 Å². The molecule has 4 heteroatoms. The minimum absolute atomic E-state index is 0.683. The van der Waals surface area contributed by atoms with E-state index in [2.05, 4.69) is 9.97 Å². The lowest BCUT2D eigenvalue weighted by molar-refractivity contribution is 0.415. The van der Waals surface area contributed by atoms with Gasteiger partial charge in [0.2, 0.25) is 0 Å². The van der Waals surface area contributed by atoms with E-state index >= 15 is 0 Å². The zero-order valence-corrected chi connectivity index (χ0v) is 11.7. The summed E-state index contributed by atoms with van der Waals surface area (Å²) in [6, 6.07) is 13.7. The van der Waals surface area contributed by atoms with Crippen LogP contribution in [0.1, 0.15) is 0 Å². The van der Waals surface area contributed by atoms with Gasteiger partial charge in [0.25, 0.3) is 0 Å². The Bertz CT molecular complexity index is 723. The lowest BCUT2D eigenvalue weighted by Crippen LogP contribution is -1.89. The standard InChI is InChI=1S/C16H13ClN2O/c1-20-13-4-2-3-11(9-13)14-6-5-12(17)10-15(14)16-18-7-8-19-16/h2-10H,1H3,(H,18,19). The summed E-state index contributed by atoms with van der Waals surface area (Å²) in [5.41, 5.74) is 3.09. The number of rotatable bonds is 3. The Kier molecular flexibility index (Phi) is 3.44. The van der Waals surface area contributed by atoms with E-state index in [4.69, 9.17) is 16.3 Å². The van der Waals surface area contributed by atoms with Crippen LogP contribution in [0.5, 0.6) is 5.75 Å². The van der Waals surface area contributed by atoms with Crippen LogP contribution in [0.15, 0.2) is 54.9 Å². The van der Waals surface area contributed by atoms with Crippen LogP contribution in [0.25, 0.3) is 22.5 Å². The molecule has 3 nitrogen and oxygen atoms in total. The number of hydrogen-bond donors (Lipinski definition) is 1. The Balaban J connectivity index is 2.18. The summed E-state index contributed by atoms with van der Waals surface area (Å²) in [6.07, 6.45) is 3.52. The van der Waals surface area contributed by atoms with Crippen LogP contribution in [0.2, 0.25) is 5.02 Å². The van der Waals surface area contributed by atoms with Gasteiger partial charge < -0.3 is 9.72 Å². The SMILES string of the molecule is COc1cccc(-c2ccc(Cl)cc2-c2ncc[nH]2)c1. The molecule has 3 aromatic rings. The van der Waals surface area contributed by atoms with Gasteiger partial charge in [-0.3, -0.25) is 0 Å². The van der Waals surface area contributed by atoms with Gasteiger partial charge >= 0.3 is 0 Å². The number of imidazole rings is 1. The second kappa shape index (κ2) is 5.39. The maximum Gasteiger partial charge on any atom is 0.137 e. The second-order valence-corrected chi connectivity index (χ2v) is 4.80. The van der Waals surface area contributed by atoms with Crippen LogP contribution < -0.4 is 4.74 Å². The van der Waals surface area contributed by atoms with Crippen LogP contribution in [0, 0.1) is 0 Å². The molecule has 3 rings (SSSR count). The summed E-state index contributed by atoms with van der Waals surface area (Å²) >= 11 is 6.11. The molecule has 20 heavy (non-hydrogen) atoms. The van der Waals surface area contributed by atoms with Gasteiger partial charge in [-0.25, -0.2) is 4.98 Å². The van der Waals surface area contributed by atoms with Crippen LogP contribution in [0.3, 0.4) is 0 Å². The van der Waals surface area contributed by atoms with Crippen LogP contribution in [-0.2, 0) is 0 Å². The molecule has 0 atom stereocenters. The van der Waals surface area contributed by atoms with Gasteiger partial charge in [-0.05, 0) is 35.4 Å². The Hall–Kier alpha value is -2.26. The van der Waals surface area contributed by atoms with E-state index in [1.165, 1.54) is 0 Å². The molecule has 0 spiro atoms. The van der Waals surface area contributed by atoms with Crippen LogP contribution in [0.4, 0.5) is 0 Å². The van der Waals surface area contributed by atoms with Crippen molar-refractivity contribution in [3.63, 3.8) is 0 Å². The Morgan fingerprint density at radius 2 is 2.00 bits per heavy atom. The van der Waals surface area contributed by atoms with Gasteiger partial charge in [0.15, 0.2) is 0 Å². The zero-order chi connectivity index (χ0) is 13.9. The normalized spacial score (nSPS) is 10.5. The number of benzene rings is 2. The van der Waals surface area contributed by atoms with Crippen LogP contribution >= 0.6 is 11.6 Å². The van der Waals surface area contributed by atoms with Crippen LogP contribution in [-0.4, -0.2) is 17.1 Å². The lowest BCUT2D eigenvalue weighted by Gasteiger charge is -2.10. The first-order chi connectivity index (χ1) is 9.78. The average molecular weight is 285 g/mol. The summed E-state index contributed by atoms with van der Waals surface area (Å²) < 4.78 is 5.28. The number of ether oxygens (including phenoxy) is 1. The third kappa shape index (κ3) is 2.40. The van der Waals surface area contributed by atoms with E-state index in [9.17, 15) is 0 Å². The van der Waals surface area contributed by atoms with Crippen molar-refractivity contribution in [3.05, 3.63) is 59.9 Å². The molecule has 1 heterocycles. The van der Waals surface area contributed by atoms with Crippen molar-refractivity contribution in [1.82, 2.24) is 9.97 Å². The van der Waals surface area contributed by atoms with Crippen molar-refractivity contribution >= 4 is 11.6 Å². The summed E-state index contributed by atoms with van der Waals surface area (Å²) in [4.78, 5) is 7.43. The molecule has 0 aliphatic rings. The van der Waals surface area contributed by atoms with Crippen molar-refractivity contribution in [2.45, 2.75) is 0 Å². The quantitative estimate of drug-likeness (QED) is 0.774. The molecule has 0 bridgehead atoms. The van der Waals surface area contributed by atoms with Crippen molar-refractivity contribution in [1.29, 1.82) is 0 Å². The van der Waals surface area contributed by atoms with Crippen molar-refractivity contribution < 1.29 is 4.74 Å². The summed E-state index contributed by atoms with van der Waals surface area (Å²) in [7, 11) is 1.66. The van der Waals surface area contributed by atoms with Crippen molar-refractivity contribution in [3.8, 4) is 28.3 Å². The molecule has 0 saturated carbocycles. The molecule has 1 aromatic heterocycles. The third-order valence-corrected chi connectivity index (χ3v) is 3.35. The molecule has 0 aliphatic carbocycles. The highest BCUT2D eigenvalue weighted by molar-refractivity contribution is 6.31. The first-order valence-corrected chi connectivity index (χ1v) is 6.59. The molecular weight excluding hydrogens is 272 g/mol. The highest BCUT2D eigenvalue weighted by Crippen LogP contribution is 2.33. The molecule has 0 radical (unpaired) electrons. The number of methoxy groups -OCH3 is 1. The fourth-order valence-electron chi connectivity index (χ4n) is 2.17. The molecule has 1 N–H and O–H groups in total. The monoisotopic (exact) mass is 284 g/mol. The highest BCUT2D eigenvalue weighted by Gasteiger charge is 2.10. The van der Waals surface area contributed by atoms with Gasteiger partial charge in [0.1, 0.15) is 11.6 Å². The number of nitrogens with zero attached hydrogens (tertiary/aromatic N) is 1. The molecule has 0 aliphatic heterocycles. The van der Waals surface area contributed by atoms with E-state index in [-0.39, 0.29) is 0 Å². The van der Waals surface area contributed by atoms with Gasteiger partial charge in [0, 0.05) is 23.0 Å². The fourth-order valence-corrected chi connectivity index (χ4v) is 2.34. The lowest BCUT2D eigenvalue weighted by atomic mass is 9.99. The number of nitrogens with one attached hydrogen (secondary N) is 1. The number of halogens is 1. The van der Waals surface area contributed by atoms with E-state index in [0.717, 1.165) is 28.3 Å². The Morgan fingerprint density at radius 3 is 2.75 bits per heavy atom. The first-order valence-electron chi connectivity index (χ1n) is 6.21. The Morgan fingerprint density at radius 1 is 1.10 bits per heavy atom. The van der Waals surface area contributed by atoms with E-state index in [0.29, 0.717) is 5.02 Å². The maximum absolute atomic E-state index is 6.11. The number of aromatic nitrogens is 2. The van der Waals surface area contributed by atoms with Gasteiger partial charge in [0.05, 0.1) is 7.11 Å². The third-order valence-electron chi connectivity index (χ3n) is 3.12. The smallest absolute Gasteiger partial charge is 0.137 e. The minimum atomic E-state index is 0.683. The topological polar surface area (TPSA) is 37.9 Å².